The molecule has 0 bridgehead atoms. The van der Waals surface area contributed by atoms with Crippen LogP contribution >= 0.6 is 23.1 Å². The van der Waals surface area contributed by atoms with Crippen LogP contribution in [0.4, 0.5) is 0 Å². The number of hydrogen-bond acceptors (Lipinski definition) is 5. The first-order valence-electron chi connectivity index (χ1n) is 4.98. The van der Waals surface area contributed by atoms with Crippen molar-refractivity contribution in [1.82, 2.24) is 15.5 Å². The van der Waals surface area contributed by atoms with Crippen molar-refractivity contribution in [3.63, 3.8) is 0 Å². The van der Waals surface area contributed by atoms with E-state index in [9.17, 15) is 0 Å². The van der Waals surface area contributed by atoms with Crippen molar-refractivity contribution in [2.24, 2.45) is 0 Å². The topological polar surface area (TPSA) is 37.8 Å². The summed E-state index contributed by atoms with van der Waals surface area (Å²) in [6, 6.07) is 0.703. The summed E-state index contributed by atoms with van der Waals surface area (Å²) in [5, 5.41) is 12.0. The Morgan fingerprint density at radius 1 is 1.57 bits per heavy atom. The maximum atomic E-state index is 4.07. The molecule has 1 aliphatic rings. The number of nitrogens with one attached hydrogen (secondary N) is 1. The number of nitrogens with zero attached hydrogens (tertiary/aromatic N) is 2. The second-order valence-corrected chi connectivity index (χ2v) is 5.98. The van der Waals surface area contributed by atoms with E-state index in [-0.39, 0.29) is 0 Å². The van der Waals surface area contributed by atoms with Crippen LogP contribution in [0.2, 0.25) is 0 Å². The van der Waals surface area contributed by atoms with Gasteiger partial charge in [-0.1, -0.05) is 29.5 Å². The molecule has 1 aliphatic carbocycles. The lowest BCUT2D eigenvalue weighted by Crippen LogP contribution is -2.32. The third-order valence-electron chi connectivity index (χ3n) is 2.64. The van der Waals surface area contributed by atoms with Crippen LogP contribution in [0.1, 0.15) is 25.7 Å². The molecule has 1 aromatic rings. The summed E-state index contributed by atoms with van der Waals surface area (Å²) in [7, 11) is 2.06. The molecular formula is C9H15N3S2. The third-order valence-corrected chi connectivity index (χ3v) is 4.75. The van der Waals surface area contributed by atoms with Gasteiger partial charge in [0.2, 0.25) is 0 Å². The van der Waals surface area contributed by atoms with Crippen LogP contribution < -0.4 is 5.32 Å². The highest BCUT2D eigenvalue weighted by Gasteiger charge is 2.22. The molecule has 3 nitrogen and oxygen atoms in total. The molecule has 1 aromatic heterocycles. The zero-order valence-electron chi connectivity index (χ0n) is 8.27. The van der Waals surface area contributed by atoms with Crippen molar-refractivity contribution in [2.75, 3.05) is 7.05 Å². The van der Waals surface area contributed by atoms with E-state index in [1.54, 1.807) is 16.8 Å². The average Bonchev–Trinajstić information content (AvgIpc) is 2.71. The molecule has 2 atom stereocenters. The van der Waals surface area contributed by atoms with E-state index in [1.165, 1.54) is 25.7 Å². The van der Waals surface area contributed by atoms with Crippen molar-refractivity contribution in [2.45, 2.75) is 41.3 Å². The first-order chi connectivity index (χ1) is 6.88. The minimum absolute atomic E-state index is 0.703. The van der Waals surface area contributed by atoms with Gasteiger partial charge in [0.25, 0.3) is 0 Å². The van der Waals surface area contributed by atoms with Crippen LogP contribution in [0.5, 0.6) is 0 Å². The van der Waals surface area contributed by atoms with Crippen LogP contribution in [0.25, 0.3) is 0 Å². The molecule has 0 amide bonds. The minimum atomic E-state index is 0.703. The van der Waals surface area contributed by atoms with Gasteiger partial charge in [-0.25, -0.2) is 0 Å². The first-order valence-corrected chi connectivity index (χ1v) is 6.74. The van der Waals surface area contributed by atoms with Crippen molar-refractivity contribution < 1.29 is 0 Å². The fraction of sp³-hybridized carbons (Fsp3) is 0.778. The highest BCUT2D eigenvalue weighted by molar-refractivity contribution is 8.01. The molecule has 1 heterocycles. The van der Waals surface area contributed by atoms with E-state index in [2.05, 4.69) is 22.6 Å². The lowest BCUT2D eigenvalue weighted by Gasteiger charge is -2.27. The van der Waals surface area contributed by atoms with Crippen molar-refractivity contribution in [3.8, 4) is 0 Å². The van der Waals surface area contributed by atoms with Crippen LogP contribution in [-0.2, 0) is 0 Å². The van der Waals surface area contributed by atoms with Gasteiger partial charge in [0.15, 0.2) is 4.34 Å². The van der Waals surface area contributed by atoms with Gasteiger partial charge in [-0.3, -0.25) is 0 Å². The predicted octanol–water partition coefficient (Wildman–Crippen LogP) is 2.16. The molecule has 14 heavy (non-hydrogen) atoms. The summed E-state index contributed by atoms with van der Waals surface area (Å²) in [6.45, 7) is 0. The fourth-order valence-corrected chi connectivity index (χ4v) is 3.90. The van der Waals surface area contributed by atoms with Crippen LogP contribution in [0.3, 0.4) is 0 Å². The summed E-state index contributed by atoms with van der Waals surface area (Å²) in [6.07, 6.45) is 5.24. The lowest BCUT2D eigenvalue weighted by atomic mass is 9.95. The fourth-order valence-electron chi connectivity index (χ4n) is 1.87. The van der Waals surface area contributed by atoms with Gasteiger partial charge in [-0.05, 0) is 26.3 Å². The van der Waals surface area contributed by atoms with Gasteiger partial charge >= 0.3 is 0 Å². The quantitative estimate of drug-likeness (QED) is 0.862. The normalized spacial score (nSPS) is 27.8. The summed E-state index contributed by atoms with van der Waals surface area (Å²) >= 11 is 3.54. The van der Waals surface area contributed by atoms with E-state index >= 15 is 0 Å². The standard InChI is InChI=1S/C9H15N3S2/c1-10-7-3-2-4-8(5-7)14-9-12-11-6-13-9/h6-8,10H,2-5H2,1H3. The zero-order chi connectivity index (χ0) is 9.80. The van der Waals surface area contributed by atoms with E-state index in [4.69, 9.17) is 0 Å². The van der Waals surface area contributed by atoms with Gasteiger partial charge in [0.1, 0.15) is 5.51 Å². The Bertz CT molecular complexity index is 263. The Labute approximate surface area is 92.7 Å². The Morgan fingerprint density at radius 3 is 3.21 bits per heavy atom. The minimum Gasteiger partial charge on any atom is -0.317 e. The molecule has 0 saturated heterocycles. The molecule has 5 heteroatoms. The molecule has 78 valence electrons. The molecular weight excluding hydrogens is 214 g/mol. The Kier molecular flexibility index (Phi) is 3.78. The van der Waals surface area contributed by atoms with Gasteiger partial charge in [-0.2, -0.15) is 0 Å². The summed E-state index contributed by atoms with van der Waals surface area (Å²) in [4.78, 5) is 0. The highest BCUT2D eigenvalue weighted by atomic mass is 32.2. The number of thioether (sulfide) groups is 1. The van der Waals surface area contributed by atoms with E-state index in [1.807, 2.05) is 11.8 Å². The van der Waals surface area contributed by atoms with Crippen LogP contribution in [0, 0.1) is 0 Å². The third kappa shape index (κ3) is 2.68. The summed E-state index contributed by atoms with van der Waals surface area (Å²) in [5.74, 6) is 0. The second-order valence-electron chi connectivity index (χ2n) is 3.60. The largest absolute Gasteiger partial charge is 0.317 e. The van der Waals surface area contributed by atoms with Gasteiger partial charge in [-0.15, -0.1) is 10.2 Å². The molecule has 0 aliphatic heterocycles. The molecule has 1 fully saturated rings. The average molecular weight is 229 g/mol. The van der Waals surface area contributed by atoms with Crippen LogP contribution in [0.15, 0.2) is 9.85 Å². The van der Waals surface area contributed by atoms with E-state index in [0.717, 1.165) is 9.59 Å². The first kappa shape index (κ1) is 10.4. The molecule has 2 unspecified atom stereocenters. The lowest BCUT2D eigenvalue weighted by molar-refractivity contribution is 0.402. The van der Waals surface area contributed by atoms with Crippen molar-refractivity contribution >= 4 is 23.1 Å². The Morgan fingerprint density at radius 2 is 2.50 bits per heavy atom. The smallest absolute Gasteiger partial charge is 0.174 e. The zero-order valence-corrected chi connectivity index (χ0v) is 9.90. The van der Waals surface area contributed by atoms with Gasteiger partial charge < -0.3 is 5.32 Å². The van der Waals surface area contributed by atoms with Gasteiger partial charge in [0.05, 0.1) is 0 Å². The molecule has 0 radical (unpaired) electrons. The molecule has 0 aromatic carbocycles. The number of aromatic nitrogens is 2. The molecule has 2 rings (SSSR count). The monoisotopic (exact) mass is 229 g/mol. The molecule has 1 saturated carbocycles. The number of rotatable bonds is 3. The number of hydrogen-bond donors (Lipinski definition) is 1. The van der Waals surface area contributed by atoms with E-state index < -0.39 is 0 Å². The Hall–Kier alpha value is -0.130. The van der Waals surface area contributed by atoms with Crippen LogP contribution in [-0.4, -0.2) is 28.5 Å². The van der Waals surface area contributed by atoms with Crippen molar-refractivity contribution in [1.29, 1.82) is 0 Å². The molecule has 0 spiro atoms. The summed E-state index contributed by atoms with van der Waals surface area (Å²) in [5.41, 5.74) is 1.81. The SMILES string of the molecule is CNC1CCCC(Sc2nncs2)C1. The Balaban J connectivity index is 1.86. The van der Waals surface area contributed by atoms with Gasteiger partial charge in [0, 0.05) is 11.3 Å². The predicted molar refractivity (Wildman–Crippen MR) is 60.9 cm³/mol. The maximum absolute atomic E-state index is 4.07. The summed E-state index contributed by atoms with van der Waals surface area (Å²) < 4.78 is 1.12. The molecule has 1 N–H and O–H groups in total. The van der Waals surface area contributed by atoms with Crippen molar-refractivity contribution in [3.05, 3.63) is 5.51 Å². The van der Waals surface area contributed by atoms with E-state index in [0.29, 0.717) is 6.04 Å². The second kappa shape index (κ2) is 5.09. The highest BCUT2D eigenvalue weighted by Crippen LogP contribution is 2.33. The maximum Gasteiger partial charge on any atom is 0.174 e.